The van der Waals surface area contributed by atoms with Crippen LogP contribution in [0.3, 0.4) is 0 Å². The van der Waals surface area contributed by atoms with Gasteiger partial charge in [-0.2, -0.15) is 0 Å². The van der Waals surface area contributed by atoms with Crippen LogP contribution in [-0.4, -0.2) is 10.1 Å². The van der Waals surface area contributed by atoms with Crippen LogP contribution in [0.2, 0.25) is 0 Å². The molecule has 0 unspecified atom stereocenters. The molecule has 0 spiro atoms. The summed E-state index contributed by atoms with van der Waals surface area (Å²) in [5, 5.41) is 3.26. The molecule has 1 aromatic carbocycles. The number of hydrogen-bond acceptors (Lipinski definition) is 2. The van der Waals surface area contributed by atoms with Gasteiger partial charge < -0.3 is 5.32 Å². The van der Waals surface area contributed by atoms with Crippen molar-refractivity contribution in [3.63, 3.8) is 0 Å². The highest BCUT2D eigenvalue weighted by molar-refractivity contribution is 8.23. The molecule has 12 heavy (non-hydrogen) atoms. The maximum absolute atomic E-state index is 5.05. The zero-order valence-electron chi connectivity index (χ0n) is 6.49. The quantitative estimate of drug-likeness (QED) is 0.691. The van der Waals surface area contributed by atoms with Gasteiger partial charge in [0.1, 0.15) is 4.32 Å². The Morgan fingerprint density at radius 2 is 2.08 bits per heavy atom. The van der Waals surface area contributed by atoms with Crippen LogP contribution in [0.4, 0.5) is 0 Å². The maximum Gasteiger partial charge on any atom is 0.134 e. The predicted octanol–water partition coefficient (Wildman–Crippen LogP) is 2.35. The summed E-state index contributed by atoms with van der Waals surface area (Å²) >= 11 is 6.77. The topological polar surface area (TPSA) is 12.0 Å². The van der Waals surface area contributed by atoms with Crippen molar-refractivity contribution < 1.29 is 0 Å². The van der Waals surface area contributed by atoms with Crippen molar-refractivity contribution in [1.29, 1.82) is 0 Å². The van der Waals surface area contributed by atoms with Gasteiger partial charge in [0.15, 0.2) is 0 Å². The molecule has 0 bridgehead atoms. The van der Waals surface area contributed by atoms with Crippen LogP contribution in [-0.2, 0) is 0 Å². The molecule has 0 radical (unpaired) electrons. The van der Waals surface area contributed by atoms with Gasteiger partial charge in [-0.05, 0) is 5.56 Å². The summed E-state index contributed by atoms with van der Waals surface area (Å²) in [5.74, 6) is 1.06. The van der Waals surface area contributed by atoms with E-state index in [0.717, 1.165) is 10.1 Å². The van der Waals surface area contributed by atoms with Gasteiger partial charge in [0.2, 0.25) is 0 Å². The second-order valence-electron chi connectivity index (χ2n) is 2.71. The van der Waals surface area contributed by atoms with E-state index < -0.39 is 0 Å². The zero-order chi connectivity index (χ0) is 8.39. The predicted molar refractivity (Wildman–Crippen MR) is 57.4 cm³/mol. The van der Waals surface area contributed by atoms with Crippen molar-refractivity contribution >= 4 is 28.3 Å². The van der Waals surface area contributed by atoms with E-state index in [4.69, 9.17) is 12.2 Å². The molecule has 1 nitrogen and oxygen atoms in total. The minimum absolute atomic E-state index is 0.420. The molecular weight excluding hydrogens is 186 g/mol. The van der Waals surface area contributed by atoms with Gasteiger partial charge >= 0.3 is 0 Å². The fraction of sp³-hybridized carbons (Fsp3) is 0.222. The summed E-state index contributed by atoms with van der Waals surface area (Å²) in [6, 6.07) is 10.8. The minimum atomic E-state index is 0.420. The molecule has 1 atom stereocenters. The Morgan fingerprint density at radius 3 is 2.67 bits per heavy atom. The lowest BCUT2D eigenvalue weighted by Crippen LogP contribution is -2.17. The highest BCUT2D eigenvalue weighted by Crippen LogP contribution is 2.25. The first-order valence-corrected chi connectivity index (χ1v) is 5.24. The normalized spacial score (nSPS) is 22.3. The molecule has 1 aliphatic rings. The number of benzene rings is 1. The molecule has 62 valence electrons. The van der Waals surface area contributed by atoms with Gasteiger partial charge in [-0.25, -0.2) is 0 Å². The van der Waals surface area contributed by atoms with Crippen LogP contribution in [0.1, 0.15) is 11.6 Å². The lowest BCUT2D eigenvalue weighted by Gasteiger charge is -2.08. The fourth-order valence-electron chi connectivity index (χ4n) is 1.25. The lowest BCUT2D eigenvalue weighted by atomic mass is 10.1. The summed E-state index contributed by atoms with van der Waals surface area (Å²) in [6.45, 7) is 0. The average molecular weight is 195 g/mol. The van der Waals surface area contributed by atoms with Crippen LogP contribution in [0, 0.1) is 0 Å². The molecular formula is C9H9NS2. The van der Waals surface area contributed by atoms with Gasteiger partial charge in [-0.1, -0.05) is 54.3 Å². The monoisotopic (exact) mass is 195 g/mol. The third-order valence-electron chi connectivity index (χ3n) is 1.88. The van der Waals surface area contributed by atoms with Crippen molar-refractivity contribution in [2.24, 2.45) is 0 Å². The van der Waals surface area contributed by atoms with E-state index in [0.29, 0.717) is 6.04 Å². The second-order valence-corrected chi connectivity index (χ2v) is 4.40. The van der Waals surface area contributed by atoms with Crippen molar-refractivity contribution in [2.45, 2.75) is 6.04 Å². The van der Waals surface area contributed by atoms with Crippen LogP contribution in [0.25, 0.3) is 0 Å². The molecule has 0 amide bonds. The Morgan fingerprint density at radius 1 is 1.33 bits per heavy atom. The molecule has 1 aliphatic heterocycles. The number of thioether (sulfide) groups is 1. The van der Waals surface area contributed by atoms with Gasteiger partial charge in [0.25, 0.3) is 0 Å². The highest BCUT2D eigenvalue weighted by atomic mass is 32.2. The van der Waals surface area contributed by atoms with Crippen LogP contribution >= 0.6 is 24.0 Å². The van der Waals surface area contributed by atoms with Crippen LogP contribution < -0.4 is 5.32 Å². The molecule has 0 saturated carbocycles. The molecule has 0 aliphatic carbocycles. The second kappa shape index (κ2) is 3.46. The molecule has 1 saturated heterocycles. The summed E-state index contributed by atoms with van der Waals surface area (Å²) in [6.07, 6.45) is 0. The summed E-state index contributed by atoms with van der Waals surface area (Å²) in [7, 11) is 0. The van der Waals surface area contributed by atoms with E-state index in [1.165, 1.54) is 5.56 Å². The number of thiocarbonyl (C=S) groups is 1. The standard InChI is InChI=1S/C9H9NS2/c11-9-10-8(6-12-9)7-4-2-1-3-5-7/h1-5,8H,6H2,(H,10,11)/t8-/m1/s1. The Balaban J connectivity index is 2.16. The van der Waals surface area contributed by atoms with E-state index in [1.807, 2.05) is 6.07 Å². The van der Waals surface area contributed by atoms with E-state index in [-0.39, 0.29) is 0 Å². The van der Waals surface area contributed by atoms with Gasteiger partial charge in [0, 0.05) is 5.75 Å². The largest absolute Gasteiger partial charge is 0.363 e. The first-order chi connectivity index (χ1) is 5.86. The van der Waals surface area contributed by atoms with Crippen LogP contribution in [0.5, 0.6) is 0 Å². The van der Waals surface area contributed by atoms with Crippen molar-refractivity contribution in [1.82, 2.24) is 5.32 Å². The zero-order valence-corrected chi connectivity index (χ0v) is 8.12. The molecule has 1 fully saturated rings. The number of rotatable bonds is 1. The molecule has 3 heteroatoms. The highest BCUT2D eigenvalue weighted by Gasteiger charge is 2.19. The smallest absolute Gasteiger partial charge is 0.134 e. The Bertz CT molecular complexity index is 284. The van der Waals surface area contributed by atoms with Crippen LogP contribution in [0.15, 0.2) is 30.3 Å². The molecule has 1 aromatic rings. The summed E-state index contributed by atoms with van der Waals surface area (Å²) in [4.78, 5) is 0. The lowest BCUT2D eigenvalue weighted by molar-refractivity contribution is 0.757. The molecule has 1 heterocycles. The van der Waals surface area contributed by atoms with Gasteiger partial charge in [-0.15, -0.1) is 0 Å². The van der Waals surface area contributed by atoms with Crippen molar-refractivity contribution in [3.05, 3.63) is 35.9 Å². The summed E-state index contributed by atoms with van der Waals surface area (Å²) < 4.78 is 0.920. The third-order valence-corrected chi connectivity index (χ3v) is 3.23. The van der Waals surface area contributed by atoms with E-state index >= 15 is 0 Å². The van der Waals surface area contributed by atoms with E-state index in [1.54, 1.807) is 11.8 Å². The Labute approximate surface area is 81.6 Å². The Hall–Kier alpha value is -0.540. The maximum atomic E-state index is 5.05. The van der Waals surface area contributed by atoms with Gasteiger partial charge in [-0.3, -0.25) is 0 Å². The molecule has 2 rings (SSSR count). The average Bonchev–Trinajstić information content (AvgIpc) is 2.54. The van der Waals surface area contributed by atoms with Gasteiger partial charge in [0.05, 0.1) is 6.04 Å². The Kier molecular flexibility index (Phi) is 2.33. The summed E-state index contributed by atoms with van der Waals surface area (Å²) in [5.41, 5.74) is 1.32. The van der Waals surface area contributed by atoms with E-state index in [9.17, 15) is 0 Å². The van der Waals surface area contributed by atoms with Crippen molar-refractivity contribution in [3.8, 4) is 0 Å². The number of nitrogens with one attached hydrogen (secondary N) is 1. The third kappa shape index (κ3) is 1.62. The number of hydrogen-bond donors (Lipinski definition) is 1. The van der Waals surface area contributed by atoms with Crippen molar-refractivity contribution in [2.75, 3.05) is 5.75 Å². The first-order valence-electron chi connectivity index (χ1n) is 3.84. The first kappa shape index (κ1) is 8.08. The molecule has 0 aromatic heterocycles. The SMILES string of the molecule is S=C1N[C@@H](c2ccccc2)CS1. The van der Waals surface area contributed by atoms with E-state index in [2.05, 4.69) is 29.6 Å². The fourth-order valence-corrected chi connectivity index (χ4v) is 2.42. The molecule has 1 N–H and O–H groups in total. The minimum Gasteiger partial charge on any atom is -0.363 e.